The lowest BCUT2D eigenvalue weighted by atomic mass is 10.0. The minimum absolute atomic E-state index is 0.229. The summed E-state index contributed by atoms with van der Waals surface area (Å²) in [6.45, 7) is 4.78. The summed E-state index contributed by atoms with van der Waals surface area (Å²) in [5.41, 5.74) is 9.06. The van der Waals surface area contributed by atoms with Crippen LogP contribution in [0.25, 0.3) is 11.3 Å². The van der Waals surface area contributed by atoms with Crippen molar-refractivity contribution < 1.29 is 0 Å². The molecule has 1 aromatic heterocycles. The molecule has 2 N–H and O–H groups in total. The van der Waals surface area contributed by atoms with Gasteiger partial charge < -0.3 is 5.73 Å². The van der Waals surface area contributed by atoms with E-state index >= 15 is 0 Å². The number of halogens is 1. The Labute approximate surface area is 122 Å². The molecule has 1 heterocycles. The van der Waals surface area contributed by atoms with E-state index in [2.05, 4.69) is 51.9 Å². The molecule has 100 valence electrons. The molecule has 2 aromatic rings. The highest BCUT2D eigenvalue weighted by atomic mass is 79.9. The largest absolute Gasteiger partial charge is 0.330 e. The van der Waals surface area contributed by atoms with Gasteiger partial charge >= 0.3 is 0 Å². The summed E-state index contributed by atoms with van der Waals surface area (Å²) >= 11 is 3.50. The van der Waals surface area contributed by atoms with Gasteiger partial charge in [0, 0.05) is 28.7 Å². The van der Waals surface area contributed by atoms with E-state index < -0.39 is 0 Å². The molecule has 0 aliphatic rings. The molecule has 0 spiro atoms. The third-order valence-corrected chi connectivity index (χ3v) is 3.79. The fourth-order valence-corrected chi connectivity index (χ4v) is 2.41. The number of aryl methyl sites for hydroxylation is 1. The summed E-state index contributed by atoms with van der Waals surface area (Å²) < 4.78 is 1.05. The van der Waals surface area contributed by atoms with Crippen molar-refractivity contribution in [3.63, 3.8) is 0 Å². The third kappa shape index (κ3) is 3.19. The van der Waals surface area contributed by atoms with Crippen LogP contribution in [0.5, 0.6) is 0 Å². The summed E-state index contributed by atoms with van der Waals surface area (Å²) in [6.07, 6.45) is 2.77. The van der Waals surface area contributed by atoms with Crippen LogP contribution in [0.4, 0.5) is 0 Å². The Bertz CT molecular complexity index is 565. The molecular weight excluding hydrogens is 302 g/mol. The Morgan fingerprint density at radius 3 is 2.79 bits per heavy atom. The van der Waals surface area contributed by atoms with Crippen LogP contribution in [0.15, 0.2) is 34.9 Å². The van der Waals surface area contributed by atoms with Crippen LogP contribution in [0, 0.1) is 6.92 Å². The standard InChI is InChI=1S/C15H18BrN3/c1-3-11(9-17)15-18-7-6-14(19-15)13-8-12(16)5-4-10(13)2/h4-8,11H,3,9,17H2,1-2H3. The highest BCUT2D eigenvalue weighted by molar-refractivity contribution is 9.10. The highest BCUT2D eigenvalue weighted by Gasteiger charge is 2.12. The van der Waals surface area contributed by atoms with Crippen molar-refractivity contribution in [2.24, 2.45) is 5.73 Å². The number of benzene rings is 1. The van der Waals surface area contributed by atoms with Crippen LogP contribution >= 0.6 is 15.9 Å². The first-order valence-electron chi connectivity index (χ1n) is 6.45. The van der Waals surface area contributed by atoms with Crippen molar-refractivity contribution in [1.29, 1.82) is 0 Å². The lowest BCUT2D eigenvalue weighted by Gasteiger charge is -2.12. The predicted molar refractivity (Wildman–Crippen MR) is 82.0 cm³/mol. The smallest absolute Gasteiger partial charge is 0.133 e. The molecule has 4 heteroatoms. The molecule has 0 fully saturated rings. The van der Waals surface area contributed by atoms with Crippen LogP contribution in [0.2, 0.25) is 0 Å². The van der Waals surface area contributed by atoms with Gasteiger partial charge in [0.1, 0.15) is 5.82 Å². The van der Waals surface area contributed by atoms with Crippen LogP contribution in [-0.4, -0.2) is 16.5 Å². The predicted octanol–water partition coefficient (Wildman–Crippen LogP) is 3.67. The second kappa shape index (κ2) is 6.26. The van der Waals surface area contributed by atoms with Crippen LogP contribution in [0.3, 0.4) is 0 Å². The number of rotatable bonds is 4. The Morgan fingerprint density at radius 2 is 2.11 bits per heavy atom. The number of hydrogen-bond acceptors (Lipinski definition) is 3. The van der Waals surface area contributed by atoms with Gasteiger partial charge in [0.15, 0.2) is 0 Å². The zero-order valence-corrected chi connectivity index (χ0v) is 12.8. The molecular formula is C15H18BrN3. The Hall–Kier alpha value is -1.26. The first-order chi connectivity index (χ1) is 9.15. The molecule has 0 aliphatic carbocycles. The zero-order valence-electron chi connectivity index (χ0n) is 11.2. The van der Waals surface area contributed by atoms with Crippen LogP contribution in [0.1, 0.15) is 30.7 Å². The molecule has 3 nitrogen and oxygen atoms in total. The van der Waals surface area contributed by atoms with Crippen LogP contribution < -0.4 is 5.73 Å². The maximum absolute atomic E-state index is 5.77. The van der Waals surface area contributed by atoms with Gasteiger partial charge in [0.2, 0.25) is 0 Å². The second-order valence-corrected chi connectivity index (χ2v) is 5.52. The second-order valence-electron chi connectivity index (χ2n) is 4.60. The maximum Gasteiger partial charge on any atom is 0.133 e. The monoisotopic (exact) mass is 319 g/mol. The van der Waals surface area contributed by atoms with Crippen molar-refractivity contribution in [3.05, 3.63) is 46.3 Å². The fraction of sp³-hybridized carbons (Fsp3) is 0.333. The van der Waals surface area contributed by atoms with Gasteiger partial charge in [0.05, 0.1) is 5.69 Å². The van der Waals surface area contributed by atoms with Crippen molar-refractivity contribution in [2.45, 2.75) is 26.2 Å². The quantitative estimate of drug-likeness (QED) is 0.935. The van der Waals surface area contributed by atoms with Crippen molar-refractivity contribution in [1.82, 2.24) is 9.97 Å². The first-order valence-corrected chi connectivity index (χ1v) is 7.24. The molecule has 0 amide bonds. The maximum atomic E-state index is 5.77. The van der Waals surface area contributed by atoms with E-state index in [0.717, 1.165) is 28.0 Å². The van der Waals surface area contributed by atoms with E-state index in [1.807, 2.05) is 18.3 Å². The van der Waals surface area contributed by atoms with E-state index in [0.29, 0.717) is 6.54 Å². The Morgan fingerprint density at radius 1 is 1.32 bits per heavy atom. The van der Waals surface area contributed by atoms with Gasteiger partial charge in [-0.1, -0.05) is 28.9 Å². The van der Waals surface area contributed by atoms with Gasteiger partial charge in [-0.3, -0.25) is 0 Å². The lowest BCUT2D eigenvalue weighted by molar-refractivity contribution is 0.631. The molecule has 0 saturated carbocycles. The fourth-order valence-electron chi connectivity index (χ4n) is 2.05. The molecule has 0 saturated heterocycles. The summed E-state index contributed by atoms with van der Waals surface area (Å²) in [5.74, 6) is 1.06. The Kier molecular flexibility index (Phi) is 4.66. The molecule has 1 atom stereocenters. The summed E-state index contributed by atoms with van der Waals surface area (Å²) in [6, 6.07) is 8.16. The minimum atomic E-state index is 0.229. The molecule has 0 radical (unpaired) electrons. The number of hydrogen-bond donors (Lipinski definition) is 1. The van der Waals surface area contributed by atoms with Gasteiger partial charge in [-0.15, -0.1) is 0 Å². The minimum Gasteiger partial charge on any atom is -0.330 e. The number of aromatic nitrogens is 2. The Balaban J connectivity index is 2.45. The summed E-state index contributed by atoms with van der Waals surface area (Å²) in [4.78, 5) is 9.03. The van der Waals surface area contributed by atoms with E-state index in [4.69, 9.17) is 5.73 Å². The average molecular weight is 320 g/mol. The normalized spacial score (nSPS) is 12.4. The van der Waals surface area contributed by atoms with Crippen molar-refractivity contribution in [3.8, 4) is 11.3 Å². The van der Waals surface area contributed by atoms with E-state index in [1.54, 1.807) is 0 Å². The average Bonchev–Trinajstić information content (AvgIpc) is 2.43. The SMILES string of the molecule is CCC(CN)c1nccc(-c2cc(Br)ccc2C)n1. The van der Waals surface area contributed by atoms with Gasteiger partial charge in [-0.05, 0) is 37.1 Å². The lowest BCUT2D eigenvalue weighted by Crippen LogP contribution is -2.14. The van der Waals surface area contributed by atoms with E-state index in [-0.39, 0.29) is 5.92 Å². The molecule has 1 unspecified atom stereocenters. The van der Waals surface area contributed by atoms with Crippen LogP contribution in [-0.2, 0) is 0 Å². The number of nitrogens with zero attached hydrogens (tertiary/aromatic N) is 2. The summed E-state index contributed by atoms with van der Waals surface area (Å²) in [5, 5.41) is 0. The molecule has 2 rings (SSSR count). The van der Waals surface area contributed by atoms with Gasteiger partial charge in [-0.25, -0.2) is 9.97 Å². The van der Waals surface area contributed by atoms with E-state index in [1.165, 1.54) is 5.56 Å². The summed E-state index contributed by atoms with van der Waals surface area (Å²) in [7, 11) is 0. The molecule has 1 aromatic carbocycles. The van der Waals surface area contributed by atoms with Crippen molar-refractivity contribution in [2.75, 3.05) is 6.54 Å². The topological polar surface area (TPSA) is 51.8 Å². The highest BCUT2D eigenvalue weighted by Crippen LogP contribution is 2.26. The molecule has 19 heavy (non-hydrogen) atoms. The van der Waals surface area contributed by atoms with Crippen molar-refractivity contribution >= 4 is 15.9 Å². The van der Waals surface area contributed by atoms with E-state index in [9.17, 15) is 0 Å². The van der Waals surface area contributed by atoms with Gasteiger partial charge in [-0.2, -0.15) is 0 Å². The van der Waals surface area contributed by atoms with Gasteiger partial charge in [0.25, 0.3) is 0 Å². The number of nitrogens with two attached hydrogens (primary N) is 1. The molecule has 0 aliphatic heterocycles. The third-order valence-electron chi connectivity index (χ3n) is 3.29. The molecule has 0 bridgehead atoms. The first kappa shape index (κ1) is 14.2. The zero-order chi connectivity index (χ0) is 13.8.